The van der Waals surface area contributed by atoms with Gasteiger partial charge >= 0.3 is 5.97 Å². The van der Waals surface area contributed by atoms with Crippen molar-refractivity contribution in [3.63, 3.8) is 0 Å². The summed E-state index contributed by atoms with van der Waals surface area (Å²) in [5.74, 6) is -0.0254. The molecular formula is C23H34O4. The summed E-state index contributed by atoms with van der Waals surface area (Å²) >= 11 is 0. The van der Waals surface area contributed by atoms with Crippen molar-refractivity contribution >= 4 is 5.97 Å². The minimum Gasteiger partial charge on any atom is -0.466 e. The summed E-state index contributed by atoms with van der Waals surface area (Å²) in [6, 6.07) is 10.3. The first-order valence-corrected chi connectivity index (χ1v) is 10.8. The van der Waals surface area contributed by atoms with Crippen LogP contribution in [0.5, 0.6) is 0 Å². The van der Waals surface area contributed by atoms with Crippen molar-refractivity contribution in [2.24, 2.45) is 0 Å². The van der Waals surface area contributed by atoms with Crippen LogP contribution in [0.15, 0.2) is 30.3 Å². The fourth-order valence-electron chi connectivity index (χ4n) is 4.00. The van der Waals surface area contributed by atoms with Gasteiger partial charge in [0, 0.05) is 12.0 Å². The molecule has 0 aromatic heterocycles. The standard InChI is InChI=1S/C23H34O4/c24-22-17-11-3-1-2-9-15-20-21(16-10-4-5-12-18-25-22)27-23(26-20)19-13-7-6-8-14-19/h6-8,13-14,20-21,23H,1-5,9-12,15-18H2. The maximum absolute atomic E-state index is 11.7. The second kappa shape index (κ2) is 11.5. The zero-order valence-electron chi connectivity index (χ0n) is 16.4. The number of rotatable bonds is 1. The van der Waals surface area contributed by atoms with E-state index in [4.69, 9.17) is 14.2 Å². The molecule has 0 aliphatic carbocycles. The summed E-state index contributed by atoms with van der Waals surface area (Å²) in [4.78, 5) is 11.7. The molecular weight excluding hydrogens is 340 g/mol. The monoisotopic (exact) mass is 374 g/mol. The van der Waals surface area contributed by atoms with Crippen molar-refractivity contribution in [2.75, 3.05) is 6.61 Å². The number of hydrogen-bond acceptors (Lipinski definition) is 4. The summed E-state index contributed by atoms with van der Waals surface area (Å²) < 4.78 is 17.9. The van der Waals surface area contributed by atoms with Crippen molar-refractivity contribution in [3.05, 3.63) is 35.9 Å². The SMILES string of the molecule is O=C1CCCCCCCC2OC(c3ccccc3)OC2CCCCCCO1. The molecule has 1 aromatic carbocycles. The molecule has 0 amide bonds. The molecule has 3 rings (SSSR count). The number of carbonyl (C=O) groups is 1. The highest BCUT2D eigenvalue weighted by molar-refractivity contribution is 5.69. The summed E-state index contributed by atoms with van der Waals surface area (Å²) in [6.45, 7) is 0.570. The van der Waals surface area contributed by atoms with Crippen molar-refractivity contribution in [3.8, 4) is 0 Å². The summed E-state index contributed by atoms with van der Waals surface area (Å²) in [7, 11) is 0. The minimum absolute atomic E-state index is 0.0254. The Morgan fingerprint density at radius 1 is 0.704 bits per heavy atom. The normalized spacial score (nSPS) is 29.5. The first-order chi connectivity index (χ1) is 13.3. The molecule has 1 aromatic rings. The molecule has 27 heavy (non-hydrogen) atoms. The summed E-state index contributed by atoms with van der Waals surface area (Å²) in [5.41, 5.74) is 1.12. The van der Waals surface area contributed by atoms with E-state index in [1.54, 1.807) is 0 Å². The third-order valence-electron chi connectivity index (χ3n) is 5.60. The number of benzene rings is 1. The van der Waals surface area contributed by atoms with Gasteiger partial charge in [-0.15, -0.1) is 0 Å². The van der Waals surface area contributed by atoms with E-state index in [0.29, 0.717) is 13.0 Å². The van der Waals surface area contributed by atoms with Gasteiger partial charge in [0.2, 0.25) is 0 Å². The van der Waals surface area contributed by atoms with Gasteiger partial charge in [0.25, 0.3) is 0 Å². The summed E-state index contributed by atoms with van der Waals surface area (Å²) in [5, 5.41) is 0. The largest absolute Gasteiger partial charge is 0.466 e. The van der Waals surface area contributed by atoms with Crippen LogP contribution in [0.3, 0.4) is 0 Å². The van der Waals surface area contributed by atoms with Crippen molar-refractivity contribution in [1.82, 2.24) is 0 Å². The van der Waals surface area contributed by atoms with Crippen LogP contribution in [-0.2, 0) is 19.0 Å². The van der Waals surface area contributed by atoms with E-state index >= 15 is 0 Å². The van der Waals surface area contributed by atoms with Crippen LogP contribution in [0.4, 0.5) is 0 Å². The fourth-order valence-corrected chi connectivity index (χ4v) is 4.00. The lowest BCUT2D eigenvalue weighted by Crippen LogP contribution is -2.22. The molecule has 3 atom stereocenters. The van der Waals surface area contributed by atoms with Gasteiger partial charge in [-0.1, -0.05) is 75.3 Å². The van der Waals surface area contributed by atoms with Crippen LogP contribution in [0.25, 0.3) is 0 Å². The van der Waals surface area contributed by atoms with E-state index in [1.165, 1.54) is 12.8 Å². The Morgan fingerprint density at radius 2 is 1.30 bits per heavy atom. The zero-order valence-corrected chi connectivity index (χ0v) is 16.4. The maximum atomic E-state index is 11.7. The molecule has 0 saturated carbocycles. The van der Waals surface area contributed by atoms with E-state index in [2.05, 4.69) is 12.1 Å². The first-order valence-electron chi connectivity index (χ1n) is 10.8. The van der Waals surface area contributed by atoms with Gasteiger partial charge in [-0.3, -0.25) is 4.79 Å². The van der Waals surface area contributed by atoms with Crippen LogP contribution >= 0.6 is 0 Å². The lowest BCUT2D eigenvalue weighted by atomic mass is 10.00. The number of fused-ring (bicyclic) bond motifs is 1. The van der Waals surface area contributed by atoms with Gasteiger partial charge < -0.3 is 14.2 Å². The molecule has 150 valence electrons. The summed E-state index contributed by atoms with van der Waals surface area (Å²) in [6.07, 6.45) is 12.8. The van der Waals surface area contributed by atoms with Crippen LogP contribution in [-0.4, -0.2) is 24.8 Å². The van der Waals surface area contributed by atoms with E-state index in [-0.39, 0.29) is 24.5 Å². The lowest BCUT2D eigenvalue weighted by Gasteiger charge is -2.16. The average Bonchev–Trinajstić information content (AvgIpc) is 3.09. The quantitative estimate of drug-likeness (QED) is 0.591. The maximum Gasteiger partial charge on any atom is 0.305 e. The predicted octanol–water partition coefficient (Wildman–Crippen LogP) is 5.71. The topological polar surface area (TPSA) is 44.8 Å². The van der Waals surface area contributed by atoms with E-state index < -0.39 is 0 Å². The van der Waals surface area contributed by atoms with Crippen molar-refractivity contribution < 1.29 is 19.0 Å². The fraction of sp³-hybridized carbons (Fsp3) is 0.696. The number of ether oxygens (including phenoxy) is 3. The second-order valence-electron chi connectivity index (χ2n) is 7.82. The molecule has 2 aliphatic heterocycles. The van der Waals surface area contributed by atoms with Crippen LogP contribution < -0.4 is 0 Å². The highest BCUT2D eigenvalue weighted by Crippen LogP contribution is 2.35. The lowest BCUT2D eigenvalue weighted by molar-refractivity contribution is -0.143. The molecule has 0 radical (unpaired) electrons. The molecule has 0 bridgehead atoms. The molecule has 4 heteroatoms. The third-order valence-corrected chi connectivity index (χ3v) is 5.60. The van der Waals surface area contributed by atoms with Gasteiger partial charge in [-0.2, -0.15) is 0 Å². The molecule has 3 unspecified atom stereocenters. The second-order valence-corrected chi connectivity index (χ2v) is 7.82. The Hall–Kier alpha value is -1.39. The van der Waals surface area contributed by atoms with E-state index in [0.717, 1.165) is 63.4 Å². The Balaban J connectivity index is 1.52. The Labute approximate surface area is 163 Å². The molecule has 2 saturated heterocycles. The zero-order chi connectivity index (χ0) is 18.7. The number of cyclic esters (lactones) is 1. The molecule has 0 spiro atoms. The van der Waals surface area contributed by atoms with Gasteiger partial charge in [-0.25, -0.2) is 0 Å². The van der Waals surface area contributed by atoms with Gasteiger partial charge in [-0.05, 0) is 25.7 Å². The van der Waals surface area contributed by atoms with E-state index in [1.807, 2.05) is 18.2 Å². The minimum atomic E-state index is -0.216. The molecule has 2 aliphatic rings. The van der Waals surface area contributed by atoms with Crippen LogP contribution in [0, 0.1) is 0 Å². The Bertz CT molecular complexity index is 517. The Morgan fingerprint density at radius 3 is 2.00 bits per heavy atom. The number of esters is 1. The highest BCUT2D eigenvalue weighted by atomic mass is 16.7. The van der Waals surface area contributed by atoms with E-state index in [9.17, 15) is 4.79 Å². The smallest absolute Gasteiger partial charge is 0.305 e. The first kappa shape index (κ1) is 20.3. The highest BCUT2D eigenvalue weighted by Gasteiger charge is 2.35. The van der Waals surface area contributed by atoms with Crippen molar-refractivity contribution in [1.29, 1.82) is 0 Å². The predicted molar refractivity (Wildman–Crippen MR) is 105 cm³/mol. The molecule has 2 heterocycles. The molecule has 0 N–H and O–H groups in total. The molecule has 4 nitrogen and oxygen atoms in total. The van der Waals surface area contributed by atoms with Gasteiger partial charge in [0.15, 0.2) is 6.29 Å². The van der Waals surface area contributed by atoms with Crippen LogP contribution in [0.1, 0.15) is 88.9 Å². The Kier molecular flexibility index (Phi) is 8.63. The van der Waals surface area contributed by atoms with Crippen LogP contribution in [0.2, 0.25) is 0 Å². The average molecular weight is 375 g/mol. The third kappa shape index (κ3) is 6.93. The van der Waals surface area contributed by atoms with Gasteiger partial charge in [0.05, 0.1) is 18.8 Å². The number of carbonyl (C=O) groups excluding carboxylic acids is 1. The van der Waals surface area contributed by atoms with Gasteiger partial charge in [0.1, 0.15) is 0 Å². The molecule has 2 fully saturated rings. The number of hydrogen-bond donors (Lipinski definition) is 0. The van der Waals surface area contributed by atoms with Crippen molar-refractivity contribution in [2.45, 2.75) is 95.5 Å².